The first-order chi connectivity index (χ1) is 10.2. The van der Waals surface area contributed by atoms with Gasteiger partial charge in [0, 0.05) is 26.2 Å². The minimum Gasteiger partial charge on any atom is -0.304 e. The van der Waals surface area contributed by atoms with Crippen molar-refractivity contribution in [3.63, 3.8) is 0 Å². The fourth-order valence-electron chi connectivity index (χ4n) is 3.17. The van der Waals surface area contributed by atoms with Crippen LogP contribution in [0.1, 0.15) is 22.7 Å². The zero-order chi connectivity index (χ0) is 14.7. The van der Waals surface area contributed by atoms with Crippen LogP contribution in [0.3, 0.4) is 0 Å². The van der Waals surface area contributed by atoms with Crippen LogP contribution in [0.25, 0.3) is 0 Å². The molecule has 1 heterocycles. The molecule has 0 spiro atoms. The molecule has 110 valence electrons. The molecule has 1 atom stereocenters. The van der Waals surface area contributed by atoms with Gasteiger partial charge in [0.25, 0.3) is 0 Å². The second-order valence-corrected chi connectivity index (χ2v) is 6.07. The van der Waals surface area contributed by atoms with Crippen LogP contribution in [0.5, 0.6) is 0 Å². The topological polar surface area (TPSA) is 6.48 Å². The lowest BCUT2D eigenvalue weighted by molar-refractivity contribution is 0.127. The number of rotatable bonds is 3. The van der Waals surface area contributed by atoms with Crippen LogP contribution in [0, 0.1) is 6.92 Å². The SMILES string of the molecule is Cc1cccc(C(c2ccccc2)N2CCN(C)CC2)c1. The molecule has 1 fully saturated rings. The van der Waals surface area contributed by atoms with Gasteiger partial charge in [0.1, 0.15) is 0 Å². The molecule has 0 saturated carbocycles. The van der Waals surface area contributed by atoms with E-state index >= 15 is 0 Å². The van der Waals surface area contributed by atoms with Crippen molar-refractivity contribution in [2.75, 3.05) is 33.2 Å². The summed E-state index contributed by atoms with van der Waals surface area (Å²) in [5.41, 5.74) is 4.14. The van der Waals surface area contributed by atoms with E-state index in [1.807, 2.05) is 0 Å². The highest BCUT2D eigenvalue weighted by atomic mass is 15.3. The molecular weight excluding hydrogens is 256 g/mol. The third-order valence-corrected chi connectivity index (χ3v) is 4.38. The highest BCUT2D eigenvalue weighted by molar-refractivity contribution is 5.34. The summed E-state index contributed by atoms with van der Waals surface area (Å²) in [6.45, 7) is 6.73. The lowest BCUT2D eigenvalue weighted by Crippen LogP contribution is -2.46. The Balaban J connectivity index is 1.95. The van der Waals surface area contributed by atoms with Crippen molar-refractivity contribution in [3.8, 4) is 0 Å². The second kappa shape index (κ2) is 6.42. The number of piperazine rings is 1. The van der Waals surface area contributed by atoms with E-state index < -0.39 is 0 Å². The molecule has 0 radical (unpaired) electrons. The van der Waals surface area contributed by atoms with Crippen molar-refractivity contribution in [2.45, 2.75) is 13.0 Å². The van der Waals surface area contributed by atoms with Crippen molar-refractivity contribution in [3.05, 3.63) is 71.3 Å². The number of aryl methyl sites for hydroxylation is 1. The largest absolute Gasteiger partial charge is 0.304 e. The molecule has 1 unspecified atom stereocenters. The molecule has 2 aromatic rings. The first-order valence-electron chi connectivity index (χ1n) is 7.78. The monoisotopic (exact) mass is 280 g/mol. The van der Waals surface area contributed by atoms with Crippen LogP contribution >= 0.6 is 0 Å². The van der Waals surface area contributed by atoms with Gasteiger partial charge in [0.05, 0.1) is 6.04 Å². The minimum atomic E-state index is 0.375. The van der Waals surface area contributed by atoms with Gasteiger partial charge < -0.3 is 4.90 Å². The fourth-order valence-corrected chi connectivity index (χ4v) is 3.17. The van der Waals surface area contributed by atoms with E-state index in [1.165, 1.54) is 16.7 Å². The molecule has 1 aliphatic heterocycles. The number of nitrogens with zero attached hydrogens (tertiary/aromatic N) is 2. The van der Waals surface area contributed by atoms with Crippen LogP contribution in [0.2, 0.25) is 0 Å². The lowest BCUT2D eigenvalue weighted by Gasteiger charge is -2.38. The third-order valence-electron chi connectivity index (χ3n) is 4.38. The zero-order valence-electron chi connectivity index (χ0n) is 13.0. The van der Waals surface area contributed by atoms with Gasteiger partial charge in [0.2, 0.25) is 0 Å². The molecule has 2 aromatic carbocycles. The Hall–Kier alpha value is -1.64. The Morgan fingerprint density at radius 3 is 2.14 bits per heavy atom. The number of hydrogen-bond acceptors (Lipinski definition) is 2. The molecular formula is C19H24N2. The molecule has 0 aliphatic carbocycles. The molecule has 0 aromatic heterocycles. The van der Waals surface area contributed by atoms with Gasteiger partial charge in [-0.25, -0.2) is 0 Å². The van der Waals surface area contributed by atoms with Gasteiger partial charge in [-0.3, -0.25) is 4.90 Å². The summed E-state index contributed by atoms with van der Waals surface area (Å²) in [5.74, 6) is 0. The summed E-state index contributed by atoms with van der Waals surface area (Å²) in [5, 5.41) is 0. The van der Waals surface area contributed by atoms with Crippen molar-refractivity contribution >= 4 is 0 Å². The van der Waals surface area contributed by atoms with Crippen molar-refractivity contribution in [1.29, 1.82) is 0 Å². The molecule has 0 N–H and O–H groups in total. The summed E-state index contributed by atoms with van der Waals surface area (Å²) in [6, 6.07) is 20.2. The van der Waals surface area contributed by atoms with Crippen LogP contribution in [0.4, 0.5) is 0 Å². The number of hydrogen-bond donors (Lipinski definition) is 0. The van der Waals surface area contributed by atoms with E-state index in [9.17, 15) is 0 Å². The van der Waals surface area contributed by atoms with E-state index in [-0.39, 0.29) is 0 Å². The van der Waals surface area contributed by atoms with Gasteiger partial charge >= 0.3 is 0 Å². The highest BCUT2D eigenvalue weighted by Gasteiger charge is 2.25. The molecule has 2 nitrogen and oxygen atoms in total. The maximum Gasteiger partial charge on any atom is 0.0602 e. The Morgan fingerprint density at radius 1 is 0.810 bits per heavy atom. The second-order valence-electron chi connectivity index (χ2n) is 6.07. The Labute approximate surface area is 128 Å². The third kappa shape index (κ3) is 3.34. The highest BCUT2D eigenvalue weighted by Crippen LogP contribution is 2.29. The maximum atomic E-state index is 2.62. The Morgan fingerprint density at radius 2 is 1.48 bits per heavy atom. The van der Waals surface area contributed by atoms with E-state index in [4.69, 9.17) is 0 Å². The molecule has 21 heavy (non-hydrogen) atoms. The van der Waals surface area contributed by atoms with E-state index in [0.29, 0.717) is 6.04 Å². The molecule has 2 heteroatoms. The summed E-state index contributed by atoms with van der Waals surface area (Å²) in [4.78, 5) is 5.03. The van der Waals surface area contributed by atoms with Gasteiger partial charge in [-0.2, -0.15) is 0 Å². The van der Waals surface area contributed by atoms with E-state index in [0.717, 1.165) is 26.2 Å². The average molecular weight is 280 g/mol. The normalized spacial score (nSPS) is 18.6. The molecule has 3 rings (SSSR count). The first-order valence-corrected chi connectivity index (χ1v) is 7.78. The fraction of sp³-hybridized carbons (Fsp3) is 0.368. The predicted molar refractivity (Wildman–Crippen MR) is 88.5 cm³/mol. The lowest BCUT2D eigenvalue weighted by atomic mass is 9.95. The van der Waals surface area contributed by atoms with Crippen LogP contribution in [-0.2, 0) is 0 Å². The minimum absolute atomic E-state index is 0.375. The average Bonchev–Trinajstić information content (AvgIpc) is 2.51. The van der Waals surface area contributed by atoms with Crippen molar-refractivity contribution in [2.24, 2.45) is 0 Å². The van der Waals surface area contributed by atoms with Gasteiger partial charge in [-0.1, -0.05) is 60.2 Å². The Bertz CT molecular complexity index is 571. The first kappa shape index (κ1) is 14.3. The summed E-state index contributed by atoms with van der Waals surface area (Å²) in [6.07, 6.45) is 0. The quantitative estimate of drug-likeness (QED) is 0.851. The van der Waals surface area contributed by atoms with E-state index in [1.54, 1.807) is 0 Å². The molecule has 0 bridgehead atoms. The van der Waals surface area contributed by atoms with Gasteiger partial charge in [0.15, 0.2) is 0 Å². The number of likely N-dealkylation sites (N-methyl/N-ethyl adjacent to an activating group) is 1. The van der Waals surface area contributed by atoms with Crippen LogP contribution in [-0.4, -0.2) is 43.0 Å². The number of benzene rings is 2. The Kier molecular flexibility index (Phi) is 4.37. The summed E-state index contributed by atoms with van der Waals surface area (Å²) < 4.78 is 0. The summed E-state index contributed by atoms with van der Waals surface area (Å²) in [7, 11) is 2.21. The maximum absolute atomic E-state index is 2.62. The van der Waals surface area contributed by atoms with Gasteiger partial charge in [-0.05, 0) is 25.1 Å². The predicted octanol–water partition coefficient (Wildman–Crippen LogP) is 3.33. The summed E-state index contributed by atoms with van der Waals surface area (Å²) >= 11 is 0. The molecule has 1 saturated heterocycles. The van der Waals surface area contributed by atoms with Crippen molar-refractivity contribution in [1.82, 2.24) is 9.80 Å². The van der Waals surface area contributed by atoms with E-state index in [2.05, 4.69) is 78.4 Å². The molecule has 1 aliphatic rings. The smallest absolute Gasteiger partial charge is 0.0602 e. The van der Waals surface area contributed by atoms with Crippen LogP contribution in [0.15, 0.2) is 54.6 Å². The van der Waals surface area contributed by atoms with Crippen LogP contribution < -0.4 is 0 Å². The standard InChI is InChI=1S/C19H24N2/c1-16-7-6-10-18(15-16)19(17-8-4-3-5-9-17)21-13-11-20(2)12-14-21/h3-10,15,19H,11-14H2,1-2H3. The van der Waals surface area contributed by atoms with Crippen molar-refractivity contribution < 1.29 is 0 Å². The molecule has 0 amide bonds. The zero-order valence-corrected chi connectivity index (χ0v) is 13.0. The van der Waals surface area contributed by atoms with Gasteiger partial charge in [-0.15, -0.1) is 0 Å².